The third kappa shape index (κ3) is 4.47. The number of halogens is 3. The Hall–Kier alpha value is -3.17. The molecule has 1 aliphatic rings. The molecule has 0 amide bonds. The van der Waals surface area contributed by atoms with Crippen LogP contribution in [0.15, 0.2) is 48.8 Å². The zero-order chi connectivity index (χ0) is 22.0. The Morgan fingerprint density at radius 1 is 1.00 bits per heavy atom. The van der Waals surface area contributed by atoms with Crippen molar-refractivity contribution in [3.63, 3.8) is 0 Å². The van der Waals surface area contributed by atoms with Gasteiger partial charge in [-0.3, -0.25) is 10.1 Å². The maximum absolute atomic E-state index is 14.1. The molecule has 0 atom stereocenters. The molecule has 0 unspecified atom stereocenters. The van der Waals surface area contributed by atoms with Gasteiger partial charge in [0, 0.05) is 31.9 Å². The van der Waals surface area contributed by atoms with Crippen molar-refractivity contribution < 1.29 is 9.31 Å². The van der Waals surface area contributed by atoms with Gasteiger partial charge in [-0.2, -0.15) is 0 Å². The largest absolute Gasteiger partial charge is 0.366 e. The number of piperazine rings is 1. The van der Waals surface area contributed by atoms with Crippen LogP contribution in [0.5, 0.6) is 0 Å². The van der Waals surface area contributed by atoms with Crippen molar-refractivity contribution in [2.24, 2.45) is 0 Å². The molecule has 4 rings (SSSR count). The van der Waals surface area contributed by atoms with Gasteiger partial charge in [0.2, 0.25) is 11.6 Å². The predicted octanol–water partition coefficient (Wildman–Crippen LogP) is 4.90. The Morgan fingerprint density at radius 2 is 1.71 bits per heavy atom. The Bertz CT molecular complexity index is 1120. The maximum atomic E-state index is 14.1. The number of para-hydroxylation sites is 1. The second-order valence-electron chi connectivity index (χ2n) is 6.83. The lowest BCUT2D eigenvalue weighted by Gasteiger charge is -2.36. The fourth-order valence-corrected chi connectivity index (χ4v) is 3.74. The molecule has 2 heterocycles. The van der Waals surface area contributed by atoms with E-state index in [4.69, 9.17) is 23.2 Å². The number of hydrogen-bond acceptors (Lipinski definition) is 7. The zero-order valence-corrected chi connectivity index (χ0v) is 17.6. The molecular weight excluding hydrogens is 446 g/mol. The van der Waals surface area contributed by atoms with Gasteiger partial charge in [-0.1, -0.05) is 35.3 Å². The molecule has 11 heteroatoms. The van der Waals surface area contributed by atoms with Crippen LogP contribution >= 0.6 is 23.2 Å². The summed E-state index contributed by atoms with van der Waals surface area (Å²) in [6, 6.07) is 11.3. The number of aromatic nitrogens is 2. The normalized spacial score (nSPS) is 13.9. The molecule has 1 saturated heterocycles. The summed E-state index contributed by atoms with van der Waals surface area (Å²) in [4.78, 5) is 23.3. The van der Waals surface area contributed by atoms with Crippen LogP contribution in [-0.2, 0) is 0 Å². The number of benzene rings is 2. The third-order valence-corrected chi connectivity index (χ3v) is 5.68. The van der Waals surface area contributed by atoms with Gasteiger partial charge in [0.15, 0.2) is 0 Å². The van der Waals surface area contributed by atoms with E-state index in [0.29, 0.717) is 47.6 Å². The van der Waals surface area contributed by atoms with E-state index in [1.807, 2.05) is 4.90 Å². The summed E-state index contributed by atoms with van der Waals surface area (Å²) in [5.74, 6) is -0.0438. The molecule has 1 fully saturated rings. The second-order valence-corrected chi connectivity index (χ2v) is 7.65. The van der Waals surface area contributed by atoms with Gasteiger partial charge in [0.1, 0.15) is 12.1 Å². The van der Waals surface area contributed by atoms with E-state index >= 15 is 0 Å². The van der Waals surface area contributed by atoms with Gasteiger partial charge >= 0.3 is 5.69 Å². The predicted molar refractivity (Wildman–Crippen MR) is 119 cm³/mol. The lowest BCUT2D eigenvalue weighted by Crippen LogP contribution is -2.47. The Kier molecular flexibility index (Phi) is 6.06. The molecule has 0 bridgehead atoms. The van der Waals surface area contributed by atoms with E-state index < -0.39 is 4.92 Å². The van der Waals surface area contributed by atoms with E-state index in [-0.39, 0.29) is 23.1 Å². The minimum absolute atomic E-state index is 0.0462. The summed E-state index contributed by atoms with van der Waals surface area (Å²) >= 11 is 12.0. The van der Waals surface area contributed by atoms with Crippen LogP contribution < -0.4 is 15.1 Å². The third-order valence-electron chi connectivity index (χ3n) is 4.94. The monoisotopic (exact) mass is 462 g/mol. The standard InChI is InChI=1S/C20H17Cl2FN6O2/c21-14-6-5-13(11-15(14)22)26-19-18(29(30)31)20(25-12-24-19)28-9-7-27(8-10-28)17-4-2-1-3-16(17)23/h1-6,11-12H,7-10H2,(H,24,25,26). The number of rotatable bonds is 5. The quantitative estimate of drug-likeness (QED) is 0.425. The molecule has 3 aromatic rings. The molecule has 2 aromatic carbocycles. The van der Waals surface area contributed by atoms with Crippen LogP contribution in [-0.4, -0.2) is 41.1 Å². The number of hydrogen-bond donors (Lipinski definition) is 1. The lowest BCUT2D eigenvalue weighted by molar-refractivity contribution is -0.383. The highest BCUT2D eigenvalue weighted by Crippen LogP contribution is 2.35. The van der Waals surface area contributed by atoms with Gasteiger partial charge < -0.3 is 15.1 Å². The Morgan fingerprint density at radius 3 is 2.39 bits per heavy atom. The summed E-state index contributed by atoms with van der Waals surface area (Å²) in [6.07, 6.45) is 1.27. The van der Waals surface area contributed by atoms with Crippen LogP contribution in [0.25, 0.3) is 0 Å². The molecule has 31 heavy (non-hydrogen) atoms. The van der Waals surface area contributed by atoms with Crippen molar-refractivity contribution in [3.8, 4) is 0 Å². The average molecular weight is 463 g/mol. The smallest absolute Gasteiger partial charge is 0.353 e. The van der Waals surface area contributed by atoms with E-state index in [1.54, 1.807) is 41.3 Å². The molecular formula is C20H17Cl2FN6O2. The summed E-state index contributed by atoms with van der Waals surface area (Å²) in [5.41, 5.74) is 0.778. The van der Waals surface area contributed by atoms with Crippen LogP contribution in [0.2, 0.25) is 10.0 Å². The molecule has 1 aliphatic heterocycles. The summed E-state index contributed by atoms with van der Waals surface area (Å²) in [7, 11) is 0. The van der Waals surface area contributed by atoms with Crippen molar-refractivity contribution in [1.82, 2.24) is 9.97 Å². The van der Waals surface area contributed by atoms with Gasteiger partial charge in [0.05, 0.1) is 20.7 Å². The van der Waals surface area contributed by atoms with Crippen LogP contribution in [0.4, 0.5) is 33.1 Å². The fraction of sp³-hybridized carbons (Fsp3) is 0.200. The van der Waals surface area contributed by atoms with Gasteiger partial charge in [-0.25, -0.2) is 14.4 Å². The Balaban J connectivity index is 1.58. The minimum Gasteiger partial charge on any atom is -0.366 e. The van der Waals surface area contributed by atoms with Crippen LogP contribution in [0.1, 0.15) is 0 Å². The van der Waals surface area contributed by atoms with Crippen molar-refractivity contribution in [1.29, 1.82) is 0 Å². The number of nitro groups is 1. The number of nitrogens with one attached hydrogen (secondary N) is 1. The maximum Gasteiger partial charge on any atom is 0.353 e. The lowest BCUT2D eigenvalue weighted by atomic mass is 10.2. The van der Waals surface area contributed by atoms with E-state index in [1.165, 1.54) is 12.4 Å². The van der Waals surface area contributed by atoms with Gasteiger partial charge in [-0.05, 0) is 30.3 Å². The average Bonchev–Trinajstić information content (AvgIpc) is 2.76. The molecule has 1 aromatic heterocycles. The highest BCUT2D eigenvalue weighted by Gasteiger charge is 2.30. The Labute approximate surface area is 187 Å². The first-order chi connectivity index (χ1) is 14.9. The topological polar surface area (TPSA) is 87.4 Å². The summed E-state index contributed by atoms with van der Waals surface area (Å²) < 4.78 is 14.1. The molecule has 0 radical (unpaired) electrons. The van der Waals surface area contributed by atoms with Crippen molar-refractivity contribution in [2.45, 2.75) is 0 Å². The van der Waals surface area contributed by atoms with Crippen LogP contribution in [0.3, 0.4) is 0 Å². The second kappa shape index (κ2) is 8.91. The van der Waals surface area contributed by atoms with Gasteiger partial charge in [0.25, 0.3) is 0 Å². The first-order valence-electron chi connectivity index (χ1n) is 9.40. The number of nitrogens with zero attached hydrogens (tertiary/aromatic N) is 5. The molecule has 0 aliphatic carbocycles. The SMILES string of the molecule is O=[N+]([O-])c1c(Nc2ccc(Cl)c(Cl)c2)ncnc1N1CCN(c2ccccc2F)CC1. The molecule has 0 saturated carbocycles. The van der Waals surface area contributed by atoms with Gasteiger partial charge in [-0.15, -0.1) is 0 Å². The first kappa shape index (κ1) is 21.1. The van der Waals surface area contributed by atoms with Crippen LogP contribution in [0, 0.1) is 15.9 Å². The highest BCUT2D eigenvalue weighted by atomic mass is 35.5. The summed E-state index contributed by atoms with van der Waals surface area (Å²) in [6.45, 7) is 1.88. The van der Waals surface area contributed by atoms with Crippen molar-refractivity contribution in [2.75, 3.05) is 41.3 Å². The molecule has 8 nitrogen and oxygen atoms in total. The molecule has 160 valence electrons. The first-order valence-corrected chi connectivity index (χ1v) is 10.2. The van der Waals surface area contributed by atoms with Crippen molar-refractivity contribution in [3.05, 3.63) is 74.8 Å². The fourth-order valence-electron chi connectivity index (χ4n) is 3.44. The summed E-state index contributed by atoms with van der Waals surface area (Å²) in [5, 5.41) is 15.5. The van der Waals surface area contributed by atoms with E-state index in [9.17, 15) is 14.5 Å². The van der Waals surface area contributed by atoms with E-state index in [0.717, 1.165) is 0 Å². The number of anilines is 4. The highest BCUT2D eigenvalue weighted by molar-refractivity contribution is 6.42. The minimum atomic E-state index is -0.515. The van der Waals surface area contributed by atoms with Crippen molar-refractivity contribution >= 4 is 51.9 Å². The zero-order valence-electron chi connectivity index (χ0n) is 16.1. The molecule has 1 N–H and O–H groups in total. The van der Waals surface area contributed by atoms with E-state index in [2.05, 4.69) is 15.3 Å². The molecule has 0 spiro atoms.